The minimum Gasteiger partial charge on any atom is -0.484 e. The predicted octanol–water partition coefficient (Wildman–Crippen LogP) is 3.12. The highest BCUT2D eigenvalue weighted by Gasteiger charge is 2.10. The van der Waals surface area contributed by atoms with Gasteiger partial charge in [-0.15, -0.1) is 11.8 Å². The maximum absolute atomic E-state index is 12.3. The van der Waals surface area contributed by atoms with Crippen LogP contribution in [0.3, 0.4) is 0 Å². The topological polar surface area (TPSA) is 42.1 Å². The summed E-state index contributed by atoms with van der Waals surface area (Å²) in [4.78, 5) is 16.6. The van der Waals surface area contributed by atoms with Crippen molar-refractivity contribution in [2.45, 2.75) is 11.8 Å². The van der Waals surface area contributed by atoms with Gasteiger partial charge >= 0.3 is 0 Å². The van der Waals surface area contributed by atoms with Crippen molar-refractivity contribution in [3.8, 4) is 5.75 Å². The van der Waals surface area contributed by atoms with E-state index in [9.17, 15) is 4.79 Å². The largest absolute Gasteiger partial charge is 0.484 e. The number of H-pyrrole nitrogens is 1. The molecule has 1 N–H and O–H groups in total. The number of aryl methyl sites for hydroxylation is 1. The zero-order valence-corrected chi connectivity index (χ0v) is 11.3. The molecule has 2 aromatic rings. The molecule has 0 saturated carbocycles. The summed E-state index contributed by atoms with van der Waals surface area (Å²) >= 11 is 1.65. The molecule has 94 valence electrons. The minimum absolute atomic E-state index is 0.0734. The van der Waals surface area contributed by atoms with Crippen LogP contribution in [0.25, 0.3) is 10.9 Å². The third kappa shape index (κ3) is 2.29. The van der Waals surface area contributed by atoms with Gasteiger partial charge in [0, 0.05) is 10.3 Å². The minimum atomic E-state index is -0.0734. The molecule has 0 bridgehead atoms. The van der Waals surface area contributed by atoms with Crippen molar-refractivity contribution < 1.29 is 4.74 Å². The molecule has 3 nitrogen and oxygen atoms in total. The first-order valence-electron chi connectivity index (χ1n) is 5.61. The van der Waals surface area contributed by atoms with Crippen molar-refractivity contribution in [2.75, 3.05) is 12.9 Å². The molecule has 0 aliphatic carbocycles. The zero-order chi connectivity index (χ0) is 13.1. The molecular weight excluding hydrogens is 246 g/mol. The van der Waals surface area contributed by atoms with Crippen molar-refractivity contribution in [1.29, 1.82) is 0 Å². The number of nitrogens with one attached hydrogen (secondary N) is 1. The van der Waals surface area contributed by atoms with Gasteiger partial charge in [0.15, 0.2) is 5.75 Å². The van der Waals surface area contributed by atoms with Crippen molar-refractivity contribution in [3.05, 3.63) is 46.8 Å². The lowest BCUT2D eigenvalue weighted by atomic mass is 10.2. The Morgan fingerprint density at radius 3 is 2.94 bits per heavy atom. The van der Waals surface area contributed by atoms with Crippen LogP contribution in [-0.2, 0) is 0 Å². The lowest BCUT2D eigenvalue weighted by Gasteiger charge is -2.09. The smallest absolute Gasteiger partial charge is 0.231 e. The fourth-order valence-electron chi connectivity index (χ4n) is 1.82. The lowest BCUT2D eigenvalue weighted by Crippen LogP contribution is -2.11. The fourth-order valence-corrected chi connectivity index (χ4v) is 2.26. The number of hydrogen-bond donors (Lipinski definition) is 1. The normalized spacial score (nSPS) is 10.6. The summed E-state index contributed by atoms with van der Waals surface area (Å²) in [6, 6.07) is 5.75. The molecular formula is C14H15NO2S. The third-order valence-electron chi connectivity index (χ3n) is 2.69. The van der Waals surface area contributed by atoms with E-state index < -0.39 is 0 Å². The fraction of sp³-hybridized carbons (Fsp3) is 0.214. The van der Waals surface area contributed by atoms with Gasteiger partial charge in [-0.25, -0.2) is 0 Å². The molecule has 0 spiro atoms. The lowest BCUT2D eigenvalue weighted by molar-refractivity contribution is 0.356. The van der Waals surface area contributed by atoms with Crippen LogP contribution in [0.4, 0.5) is 0 Å². The van der Waals surface area contributed by atoms with Crippen molar-refractivity contribution >= 4 is 22.7 Å². The van der Waals surface area contributed by atoms with Crippen LogP contribution in [-0.4, -0.2) is 17.8 Å². The van der Waals surface area contributed by atoms with Gasteiger partial charge in [-0.1, -0.05) is 12.7 Å². The number of fused-ring (bicyclic) bond motifs is 1. The van der Waals surface area contributed by atoms with Gasteiger partial charge in [-0.05, 0) is 31.4 Å². The number of rotatable bonds is 4. The summed E-state index contributed by atoms with van der Waals surface area (Å²) in [5, 5.41) is 0.650. The first-order chi connectivity index (χ1) is 8.67. The number of aromatic nitrogens is 1. The van der Waals surface area contributed by atoms with Gasteiger partial charge in [0.05, 0.1) is 11.2 Å². The average molecular weight is 261 g/mol. The molecule has 0 aliphatic rings. The summed E-state index contributed by atoms with van der Waals surface area (Å²) in [6.45, 7) is 5.75. The molecule has 0 aliphatic heterocycles. The van der Waals surface area contributed by atoms with Gasteiger partial charge in [0.1, 0.15) is 6.61 Å². The molecule has 0 radical (unpaired) electrons. The Labute approximate surface area is 110 Å². The number of thioether (sulfide) groups is 1. The van der Waals surface area contributed by atoms with E-state index in [1.165, 1.54) is 0 Å². The SMILES string of the molecule is C=CCOc1c(C)[nH]c2cc(SC)ccc2c1=O. The Morgan fingerprint density at radius 1 is 1.50 bits per heavy atom. The van der Waals surface area contributed by atoms with Crippen LogP contribution in [0.15, 0.2) is 40.5 Å². The quantitative estimate of drug-likeness (QED) is 0.679. The molecule has 1 aromatic carbocycles. The van der Waals surface area contributed by atoms with E-state index in [4.69, 9.17) is 4.74 Å². The molecule has 1 heterocycles. The standard InChI is InChI=1S/C14H15NO2S/c1-4-7-17-14-9(2)15-12-8-10(18-3)5-6-11(12)13(14)16/h4-6,8H,1,7H2,2-3H3,(H,15,16). The summed E-state index contributed by atoms with van der Waals surface area (Å²) in [5.41, 5.74) is 1.51. The Bertz CT molecular complexity index is 646. The number of hydrogen-bond acceptors (Lipinski definition) is 3. The van der Waals surface area contributed by atoms with Gasteiger partial charge in [0.2, 0.25) is 5.43 Å². The van der Waals surface area contributed by atoms with E-state index in [0.717, 1.165) is 16.1 Å². The highest BCUT2D eigenvalue weighted by Crippen LogP contribution is 2.21. The maximum atomic E-state index is 12.3. The summed E-state index contributed by atoms with van der Waals surface area (Å²) in [7, 11) is 0. The van der Waals surface area contributed by atoms with Gasteiger partial charge in [-0.2, -0.15) is 0 Å². The second kappa shape index (κ2) is 5.31. The van der Waals surface area contributed by atoms with Gasteiger partial charge in [-0.3, -0.25) is 4.79 Å². The van der Waals surface area contributed by atoms with E-state index in [-0.39, 0.29) is 5.43 Å². The molecule has 0 amide bonds. The van der Waals surface area contributed by atoms with Crippen LogP contribution in [0, 0.1) is 6.92 Å². The first kappa shape index (κ1) is 12.8. The Hall–Kier alpha value is -1.68. The van der Waals surface area contributed by atoms with Crippen LogP contribution >= 0.6 is 11.8 Å². The number of pyridine rings is 1. The van der Waals surface area contributed by atoms with Crippen LogP contribution in [0.2, 0.25) is 0 Å². The predicted molar refractivity (Wildman–Crippen MR) is 76.8 cm³/mol. The van der Waals surface area contributed by atoms with Crippen LogP contribution < -0.4 is 10.2 Å². The first-order valence-corrected chi connectivity index (χ1v) is 6.84. The number of benzene rings is 1. The van der Waals surface area contributed by atoms with Crippen molar-refractivity contribution in [3.63, 3.8) is 0 Å². The Kier molecular flexibility index (Phi) is 3.77. The highest BCUT2D eigenvalue weighted by molar-refractivity contribution is 7.98. The summed E-state index contributed by atoms with van der Waals surface area (Å²) < 4.78 is 5.41. The van der Waals surface area contributed by atoms with Gasteiger partial charge < -0.3 is 9.72 Å². The van der Waals surface area contributed by atoms with E-state index in [1.807, 2.05) is 31.4 Å². The number of aromatic amines is 1. The molecule has 0 saturated heterocycles. The van der Waals surface area contributed by atoms with E-state index in [0.29, 0.717) is 17.7 Å². The summed E-state index contributed by atoms with van der Waals surface area (Å²) in [5.74, 6) is 0.374. The third-order valence-corrected chi connectivity index (χ3v) is 3.41. The molecule has 0 unspecified atom stereocenters. The highest BCUT2D eigenvalue weighted by atomic mass is 32.2. The molecule has 0 atom stereocenters. The van der Waals surface area contributed by atoms with Crippen LogP contribution in [0.5, 0.6) is 5.75 Å². The summed E-state index contributed by atoms with van der Waals surface area (Å²) in [6.07, 6.45) is 3.63. The maximum Gasteiger partial charge on any atom is 0.231 e. The number of ether oxygens (including phenoxy) is 1. The monoisotopic (exact) mass is 261 g/mol. The molecule has 1 aromatic heterocycles. The molecule has 2 rings (SSSR count). The van der Waals surface area contributed by atoms with Crippen LogP contribution in [0.1, 0.15) is 5.69 Å². The molecule has 0 fully saturated rings. The van der Waals surface area contributed by atoms with Crippen molar-refractivity contribution in [2.24, 2.45) is 0 Å². The van der Waals surface area contributed by atoms with E-state index in [1.54, 1.807) is 17.8 Å². The second-order valence-corrected chi connectivity index (χ2v) is 4.80. The Balaban J connectivity index is 2.63. The van der Waals surface area contributed by atoms with E-state index >= 15 is 0 Å². The zero-order valence-electron chi connectivity index (χ0n) is 10.4. The van der Waals surface area contributed by atoms with Gasteiger partial charge in [0.25, 0.3) is 0 Å². The Morgan fingerprint density at radius 2 is 2.28 bits per heavy atom. The van der Waals surface area contributed by atoms with E-state index in [2.05, 4.69) is 11.6 Å². The van der Waals surface area contributed by atoms with Crippen molar-refractivity contribution in [1.82, 2.24) is 4.98 Å². The average Bonchev–Trinajstić information content (AvgIpc) is 2.38. The molecule has 18 heavy (non-hydrogen) atoms. The second-order valence-electron chi connectivity index (χ2n) is 3.92. The molecule has 4 heteroatoms.